The summed E-state index contributed by atoms with van der Waals surface area (Å²) in [4.78, 5) is 29.6. The van der Waals surface area contributed by atoms with Crippen molar-refractivity contribution in [2.75, 3.05) is 79.0 Å². The maximum Gasteiger partial charge on any atom is 0.305 e. The predicted molar refractivity (Wildman–Crippen MR) is 105 cm³/mol. The van der Waals surface area contributed by atoms with Crippen molar-refractivity contribution in [3.63, 3.8) is 0 Å². The van der Waals surface area contributed by atoms with Gasteiger partial charge in [-0.05, 0) is 11.1 Å². The van der Waals surface area contributed by atoms with E-state index in [9.17, 15) is 9.59 Å². The first-order chi connectivity index (χ1) is 14.6. The summed E-state index contributed by atoms with van der Waals surface area (Å²) in [6, 6.07) is 0. The van der Waals surface area contributed by atoms with Crippen LogP contribution in [-0.4, -0.2) is 101 Å². The van der Waals surface area contributed by atoms with E-state index in [0.717, 1.165) is 0 Å². The van der Waals surface area contributed by atoms with Crippen LogP contribution >= 0.6 is 0 Å². The molecule has 0 unspecified atom stereocenters. The Balaban J connectivity index is 4.09. The minimum Gasteiger partial charge on any atom is -0.481 e. The number of carbonyl (C=O) groups excluding carboxylic acids is 1. The molecule has 0 radical (unpaired) electrons. The Bertz CT molecular complexity index is 538. The first kappa shape index (κ1) is 27.4. The van der Waals surface area contributed by atoms with Crippen molar-refractivity contribution in [1.82, 2.24) is 4.90 Å². The van der Waals surface area contributed by atoms with Gasteiger partial charge in [-0.3, -0.25) is 9.59 Å². The van der Waals surface area contributed by atoms with Crippen LogP contribution in [0.5, 0.6) is 0 Å². The summed E-state index contributed by atoms with van der Waals surface area (Å²) in [5, 5.41) is 15.2. The van der Waals surface area contributed by atoms with Crippen molar-refractivity contribution in [3.8, 4) is 0 Å². The molecule has 0 spiro atoms. The summed E-state index contributed by atoms with van der Waals surface area (Å²) in [7, 11) is 0. The topological polar surface area (TPSA) is 192 Å². The molecule has 0 aromatic rings. The molecule has 0 atom stereocenters. The smallest absolute Gasteiger partial charge is 0.305 e. The van der Waals surface area contributed by atoms with Crippen molar-refractivity contribution in [3.05, 3.63) is 20.9 Å². The number of aliphatic carboxylic acids is 1. The van der Waals surface area contributed by atoms with E-state index in [1.54, 1.807) is 4.90 Å². The Morgan fingerprint density at radius 1 is 0.733 bits per heavy atom. The summed E-state index contributed by atoms with van der Waals surface area (Å²) in [6.07, 6.45) is 0.0931. The molecule has 0 rings (SSSR count). The molecule has 170 valence electrons. The fourth-order valence-corrected chi connectivity index (χ4v) is 2.01. The van der Waals surface area contributed by atoms with E-state index in [4.69, 9.17) is 35.1 Å². The van der Waals surface area contributed by atoms with Crippen LogP contribution in [0.2, 0.25) is 0 Å². The molecule has 1 N–H and O–H groups in total. The van der Waals surface area contributed by atoms with Crippen LogP contribution in [0, 0.1) is 0 Å². The third-order valence-corrected chi connectivity index (χ3v) is 3.45. The van der Waals surface area contributed by atoms with E-state index in [0.29, 0.717) is 13.1 Å². The van der Waals surface area contributed by atoms with Gasteiger partial charge in [0.05, 0.1) is 65.7 Å². The van der Waals surface area contributed by atoms with Gasteiger partial charge in [0.2, 0.25) is 5.91 Å². The first-order valence-corrected chi connectivity index (χ1v) is 9.44. The summed E-state index contributed by atoms with van der Waals surface area (Å²) in [6.45, 7) is 3.04. The molecule has 30 heavy (non-hydrogen) atoms. The Kier molecular flexibility index (Phi) is 19.3. The quantitative estimate of drug-likeness (QED) is 0.123. The molecule has 0 aliphatic carbocycles. The largest absolute Gasteiger partial charge is 0.481 e. The standard InChI is InChI=1S/C16H29N7O7/c17-21-19-3-9-29-11-5-23(6-12-30-10-4-20-22-18)15(24)1-7-27-13-14-28-8-2-16(25)26/h1-14H2,(H,25,26). The second kappa shape index (κ2) is 21.1. The van der Waals surface area contributed by atoms with Crippen LogP contribution in [0.4, 0.5) is 0 Å². The van der Waals surface area contributed by atoms with Crippen LogP contribution in [0.25, 0.3) is 20.9 Å². The SMILES string of the molecule is [N-]=[N+]=NCCOCCN(CCOCCN=[N+]=[N-])C(=O)CCOCCOCCC(=O)O. The molecule has 0 aromatic carbocycles. The zero-order chi connectivity index (χ0) is 22.3. The van der Waals surface area contributed by atoms with Gasteiger partial charge in [-0.2, -0.15) is 0 Å². The molecule has 14 heteroatoms. The molecule has 0 saturated carbocycles. The number of nitrogens with zero attached hydrogens (tertiary/aromatic N) is 7. The van der Waals surface area contributed by atoms with Gasteiger partial charge >= 0.3 is 5.97 Å². The Hall–Kier alpha value is -2.60. The third-order valence-electron chi connectivity index (χ3n) is 3.45. The van der Waals surface area contributed by atoms with Gasteiger partial charge in [0.15, 0.2) is 0 Å². The van der Waals surface area contributed by atoms with Gasteiger partial charge in [0.1, 0.15) is 0 Å². The molecule has 0 bridgehead atoms. The van der Waals surface area contributed by atoms with Gasteiger partial charge in [-0.15, -0.1) is 0 Å². The molecule has 0 fully saturated rings. The Labute approximate surface area is 174 Å². The van der Waals surface area contributed by atoms with Crippen molar-refractivity contribution in [2.45, 2.75) is 12.8 Å². The van der Waals surface area contributed by atoms with Crippen molar-refractivity contribution < 1.29 is 33.6 Å². The zero-order valence-electron chi connectivity index (χ0n) is 16.9. The maximum atomic E-state index is 12.4. The number of rotatable bonds is 21. The van der Waals surface area contributed by atoms with Crippen molar-refractivity contribution >= 4 is 11.9 Å². The molecule has 0 aliphatic rings. The van der Waals surface area contributed by atoms with Crippen LogP contribution in [-0.2, 0) is 28.5 Å². The van der Waals surface area contributed by atoms with Crippen LogP contribution < -0.4 is 0 Å². The van der Waals surface area contributed by atoms with Gasteiger partial charge in [0.25, 0.3) is 0 Å². The monoisotopic (exact) mass is 431 g/mol. The van der Waals surface area contributed by atoms with Crippen molar-refractivity contribution in [1.29, 1.82) is 0 Å². The lowest BCUT2D eigenvalue weighted by Crippen LogP contribution is -2.37. The van der Waals surface area contributed by atoms with E-state index >= 15 is 0 Å². The fourth-order valence-electron chi connectivity index (χ4n) is 2.01. The van der Waals surface area contributed by atoms with E-state index in [1.165, 1.54) is 0 Å². The molecule has 0 heterocycles. The lowest BCUT2D eigenvalue weighted by molar-refractivity contribution is -0.138. The highest BCUT2D eigenvalue weighted by atomic mass is 16.5. The zero-order valence-corrected chi connectivity index (χ0v) is 16.9. The van der Waals surface area contributed by atoms with Crippen LogP contribution in [0.15, 0.2) is 10.2 Å². The average Bonchev–Trinajstić information content (AvgIpc) is 2.73. The highest BCUT2D eigenvalue weighted by molar-refractivity contribution is 5.76. The van der Waals surface area contributed by atoms with Gasteiger partial charge in [0, 0.05) is 36.0 Å². The Morgan fingerprint density at radius 3 is 1.67 bits per heavy atom. The van der Waals surface area contributed by atoms with Gasteiger partial charge in [-0.25, -0.2) is 0 Å². The summed E-state index contributed by atoms with van der Waals surface area (Å²) in [5.74, 6) is -1.07. The average molecular weight is 431 g/mol. The molecular formula is C16H29N7O7. The van der Waals surface area contributed by atoms with E-state index in [1.807, 2.05) is 0 Å². The Morgan fingerprint density at radius 2 is 1.20 bits per heavy atom. The third kappa shape index (κ3) is 18.7. The number of amides is 1. The lowest BCUT2D eigenvalue weighted by atomic mass is 10.3. The number of carbonyl (C=O) groups is 2. The summed E-state index contributed by atoms with van der Waals surface area (Å²) in [5.41, 5.74) is 16.4. The minimum absolute atomic E-state index is 0.0662. The number of hydrogen-bond acceptors (Lipinski definition) is 8. The molecule has 0 saturated heterocycles. The molecular weight excluding hydrogens is 402 g/mol. The molecule has 14 nitrogen and oxygen atoms in total. The number of carboxylic acid groups (broad SMARTS) is 1. The van der Waals surface area contributed by atoms with Crippen LogP contribution in [0.1, 0.15) is 12.8 Å². The first-order valence-electron chi connectivity index (χ1n) is 9.44. The van der Waals surface area contributed by atoms with E-state index in [2.05, 4.69) is 20.1 Å². The predicted octanol–water partition coefficient (Wildman–Crippen LogP) is 1.37. The molecule has 0 aromatic heterocycles. The minimum atomic E-state index is -0.926. The molecule has 1 amide bonds. The van der Waals surface area contributed by atoms with Crippen LogP contribution in [0.3, 0.4) is 0 Å². The molecule has 0 aliphatic heterocycles. The highest BCUT2D eigenvalue weighted by Gasteiger charge is 2.13. The summed E-state index contributed by atoms with van der Waals surface area (Å²) < 4.78 is 21.1. The summed E-state index contributed by atoms with van der Waals surface area (Å²) >= 11 is 0. The van der Waals surface area contributed by atoms with Gasteiger partial charge in [-0.1, -0.05) is 10.2 Å². The fraction of sp³-hybridized carbons (Fsp3) is 0.875. The maximum absolute atomic E-state index is 12.4. The number of azide groups is 2. The van der Waals surface area contributed by atoms with Gasteiger partial charge < -0.3 is 29.0 Å². The second-order valence-electron chi connectivity index (χ2n) is 5.63. The second-order valence-corrected chi connectivity index (χ2v) is 5.63. The number of carboxylic acids is 1. The normalized spacial score (nSPS) is 10.1. The van der Waals surface area contributed by atoms with E-state index in [-0.39, 0.29) is 84.7 Å². The van der Waals surface area contributed by atoms with Crippen molar-refractivity contribution in [2.24, 2.45) is 10.2 Å². The van der Waals surface area contributed by atoms with E-state index < -0.39 is 5.97 Å². The number of ether oxygens (including phenoxy) is 4. The highest BCUT2D eigenvalue weighted by Crippen LogP contribution is 1.97. The number of hydrogen-bond donors (Lipinski definition) is 1. The lowest BCUT2D eigenvalue weighted by Gasteiger charge is -2.22.